The second-order valence-electron chi connectivity index (χ2n) is 4.76. The van der Waals surface area contributed by atoms with Gasteiger partial charge in [-0.15, -0.1) is 12.4 Å². The Hall–Kier alpha value is -1.15. The number of carbonyl (C=O) groups is 1. The zero-order chi connectivity index (χ0) is 15.9. The van der Waals surface area contributed by atoms with Gasteiger partial charge >= 0.3 is 0 Å². The molecule has 0 radical (unpaired) electrons. The quantitative estimate of drug-likeness (QED) is 0.682. The average molecular weight is 350 g/mol. The van der Waals surface area contributed by atoms with Gasteiger partial charge in [0.25, 0.3) is 0 Å². The topological polar surface area (TPSA) is 92.5 Å². The first-order chi connectivity index (χ1) is 9.88. The number of benzene rings is 1. The molecule has 126 valence electrons. The fourth-order valence-corrected chi connectivity index (χ4v) is 2.64. The van der Waals surface area contributed by atoms with Crippen LogP contribution in [0, 0.1) is 0 Å². The maximum Gasteiger partial charge on any atom is 0.241 e. The van der Waals surface area contributed by atoms with Gasteiger partial charge in [0.15, 0.2) is 0 Å². The molecule has 6 nitrogen and oxygen atoms in total. The molecule has 3 N–H and O–H groups in total. The van der Waals surface area contributed by atoms with Crippen molar-refractivity contribution in [2.24, 2.45) is 5.73 Å². The van der Waals surface area contributed by atoms with Gasteiger partial charge in [0.2, 0.25) is 15.9 Å². The summed E-state index contributed by atoms with van der Waals surface area (Å²) in [7, 11) is -1.62. The summed E-state index contributed by atoms with van der Waals surface area (Å²) in [6.07, 6.45) is 0.545. The molecule has 0 saturated heterocycles. The molecule has 0 heterocycles. The normalized spacial score (nSPS) is 12.5. The molecule has 0 aliphatic heterocycles. The predicted molar refractivity (Wildman–Crippen MR) is 90.3 cm³/mol. The molecule has 8 heteroatoms. The van der Waals surface area contributed by atoms with Crippen LogP contribution in [0.15, 0.2) is 30.3 Å². The van der Waals surface area contributed by atoms with Crippen molar-refractivity contribution in [1.29, 1.82) is 0 Å². The second-order valence-corrected chi connectivity index (χ2v) is 7.12. The lowest BCUT2D eigenvalue weighted by molar-refractivity contribution is -0.122. The van der Waals surface area contributed by atoms with E-state index in [2.05, 4.69) is 5.32 Å². The van der Waals surface area contributed by atoms with Gasteiger partial charge in [0.05, 0.1) is 5.75 Å². The van der Waals surface area contributed by atoms with Gasteiger partial charge in [-0.1, -0.05) is 30.3 Å². The Morgan fingerprint density at radius 2 is 1.91 bits per heavy atom. The summed E-state index contributed by atoms with van der Waals surface area (Å²) < 4.78 is 24.4. The van der Waals surface area contributed by atoms with E-state index in [-0.39, 0.29) is 24.1 Å². The molecule has 1 amide bonds. The van der Waals surface area contributed by atoms with Gasteiger partial charge in [0.1, 0.15) is 6.04 Å². The first-order valence-electron chi connectivity index (χ1n) is 6.90. The first-order valence-corrected chi connectivity index (χ1v) is 8.51. The van der Waals surface area contributed by atoms with E-state index in [9.17, 15) is 13.2 Å². The maximum absolute atomic E-state index is 11.9. The van der Waals surface area contributed by atoms with E-state index < -0.39 is 16.1 Å². The van der Waals surface area contributed by atoms with Crippen molar-refractivity contribution in [3.05, 3.63) is 35.9 Å². The van der Waals surface area contributed by atoms with Gasteiger partial charge < -0.3 is 11.1 Å². The Morgan fingerprint density at radius 3 is 2.45 bits per heavy atom. The van der Waals surface area contributed by atoms with Crippen LogP contribution in [-0.2, 0) is 14.8 Å². The van der Waals surface area contributed by atoms with Crippen molar-refractivity contribution < 1.29 is 13.2 Å². The molecule has 1 unspecified atom stereocenters. The number of carbonyl (C=O) groups excluding carboxylic acids is 1. The van der Waals surface area contributed by atoms with Crippen molar-refractivity contribution in [2.45, 2.75) is 19.4 Å². The van der Waals surface area contributed by atoms with Gasteiger partial charge in [-0.2, -0.15) is 0 Å². The van der Waals surface area contributed by atoms with Gasteiger partial charge in [-0.25, -0.2) is 12.7 Å². The van der Waals surface area contributed by atoms with Crippen molar-refractivity contribution in [1.82, 2.24) is 9.62 Å². The summed E-state index contributed by atoms with van der Waals surface area (Å²) in [6.45, 7) is 2.37. The summed E-state index contributed by atoms with van der Waals surface area (Å²) in [4.78, 5) is 11.9. The molecule has 22 heavy (non-hydrogen) atoms. The summed E-state index contributed by atoms with van der Waals surface area (Å²) in [6, 6.07) is 8.40. The SMILES string of the molecule is CCS(=O)(=O)N(C)CCCNC(=O)C(N)c1ccccc1.Cl. The highest BCUT2D eigenvalue weighted by Crippen LogP contribution is 2.09. The highest BCUT2D eigenvalue weighted by atomic mass is 35.5. The lowest BCUT2D eigenvalue weighted by Crippen LogP contribution is -2.36. The van der Waals surface area contributed by atoms with E-state index in [4.69, 9.17) is 5.73 Å². The van der Waals surface area contributed by atoms with E-state index in [1.165, 1.54) is 11.4 Å². The molecule has 0 aliphatic rings. The Balaban J connectivity index is 0.00000441. The van der Waals surface area contributed by atoms with Crippen LogP contribution < -0.4 is 11.1 Å². The van der Waals surface area contributed by atoms with E-state index in [0.29, 0.717) is 19.5 Å². The largest absolute Gasteiger partial charge is 0.354 e. The summed E-state index contributed by atoms with van der Waals surface area (Å²) >= 11 is 0. The summed E-state index contributed by atoms with van der Waals surface area (Å²) in [5.41, 5.74) is 6.60. The van der Waals surface area contributed by atoms with Crippen LogP contribution in [0.2, 0.25) is 0 Å². The highest BCUT2D eigenvalue weighted by Gasteiger charge is 2.16. The van der Waals surface area contributed by atoms with E-state index in [1.54, 1.807) is 19.1 Å². The van der Waals surface area contributed by atoms with Crippen LogP contribution in [0.3, 0.4) is 0 Å². The standard InChI is InChI=1S/C14H23N3O3S.ClH/c1-3-21(19,20)17(2)11-7-10-16-14(18)13(15)12-8-5-4-6-9-12;/h4-6,8-9,13H,3,7,10-11,15H2,1-2H3,(H,16,18);1H. The van der Waals surface area contributed by atoms with Crippen LogP contribution in [0.1, 0.15) is 24.9 Å². The lowest BCUT2D eigenvalue weighted by Gasteiger charge is -2.16. The minimum absolute atomic E-state index is 0. The maximum atomic E-state index is 11.9. The minimum Gasteiger partial charge on any atom is -0.354 e. The number of amides is 1. The van der Waals surface area contributed by atoms with Crippen molar-refractivity contribution in [3.8, 4) is 0 Å². The smallest absolute Gasteiger partial charge is 0.241 e. The zero-order valence-corrected chi connectivity index (χ0v) is 14.5. The molecule has 0 spiro atoms. The lowest BCUT2D eigenvalue weighted by atomic mass is 10.1. The monoisotopic (exact) mass is 349 g/mol. The highest BCUT2D eigenvalue weighted by molar-refractivity contribution is 7.89. The third-order valence-corrected chi connectivity index (χ3v) is 5.09. The third kappa shape index (κ3) is 6.31. The number of rotatable bonds is 8. The van der Waals surface area contributed by atoms with Crippen LogP contribution in [0.5, 0.6) is 0 Å². The zero-order valence-electron chi connectivity index (χ0n) is 12.9. The van der Waals surface area contributed by atoms with E-state index >= 15 is 0 Å². The number of nitrogens with zero attached hydrogens (tertiary/aromatic N) is 1. The summed E-state index contributed by atoms with van der Waals surface area (Å²) in [5, 5.41) is 2.72. The number of hydrogen-bond donors (Lipinski definition) is 2. The predicted octanol–water partition coefficient (Wildman–Crippen LogP) is 0.896. The molecule has 0 bridgehead atoms. The van der Waals surface area contributed by atoms with Crippen LogP contribution >= 0.6 is 12.4 Å². The Bertz CT molecular complexity index is 552. The van der Waals surface area contributed by atoms with Crippen LogP contribution in [-0.4, -0.2) is 44.5 Å². The first kappa shape index (κ1) is 20.9. The van der Waals surface area contributed by atoms with Crippen LogP contribution in [0.25, 0.3) is 0 Å². The van der Waals surface area contributed by atoms with Gasteiger partial charge in [-0.05, 0) is 18.9 Å². The van der Waals surface area contributed by atoms with Crippen LogP contribution in [0.4, 0.5) is 0 Å². The number of sulfonamides is 1. The number of hydrogen-bond acceptors (Lipinski definition) is 4. The number of nitrogens with two attached hydrogens (primary N) is 1. The molecule has 0 saturated carbocycles. The van der Waals surface area contributed by atoms with E-state index in [0.717, 1.165) is 5.56 Å². The van der Waals surface area contributed by atoms with Gasteiger partial charge in [0, 0.05) is 20.1 Å². The van der Waals surface area contributed by atoms with Crippen molar-refractivity contribution in [3.63, 3.8) is 0 Å². The third-order valence-electron chi connectivity index (χ3n) is 3.23. The van der Waals surface area contributed by atoms with Gasteiger partial charge in [-0.3, -0.25) is 4.79 Å². The molecule has 0 aliphatic carbocycles. The number of nitrogens with one attached hydrogen (secondary N) is 1. The fourth-order valence-electron chi connectivity index (χ4n) is 1.79. The van der Waals surface area contributed by atoms with Crippen molar-refractivity contribution >= 4 is 28.3 Å². The molecule has 1 aromatic rings. The molecular formula is C14H24ClN3O3S. The fraction of sp³-hybridized carbons (Fsp3) is 0.500. The molecular weight excluding hydrogens is 326 g/mol. The number of halogens is 1. The molecule has 0 aromatic heterocycles. The Labute approximate surface area is 138 Å². The average Bonchev–Trinajstić information content (AvgIpc) is 2.51. The minimum atomic E-state index is -3.16. The second kappa shape index (κ2) is 9.78. The molecule has 1 aromatic carbocycles. The summed E-state index contributed by atoms with van der Waals surface area (Å²) in [5.74, 6) is -0.184. The molecule has 1 atom stereocenters. The molecule has 1 rings (SSSR count). The Kier molecular flexibility index (Phi) is 9.27. The van der Waals surface area contributed by atoms with Crippen molar-refractivity contribution in [2.75, 3.05) is 25.9 Å². The Morgan fingerprint density at radius 1 is 1.32 bits per heavy atom. The molecule has 0 fully saturated rings. The van der Waals surface area contributed by atoms with E-state index in [1.807, 2.05) is 18.2 Å².